The second-order valence-corrected chi connectivity index (χ2v) is 9.74. The first kappa shape index (κ1) is 23.0. The quantitative estimate of drug-likeness (QED) is 0.554. The van der Waals surface area contributed by atoms with Gasteiger partial charge >= 0.3 is 0 Å². The standard InChI is InChI=1S/C28H33N3O2/c1-28(2,3)23-11-8-21(9-12-23)19-30-14-16-31(17-15-30)27(32)20-33-26-13-10-22(18-29)24-6-4-5-7-25(24)26/h4-13,18,29H,14-17,19-20H2,1-3H3. The number of benzene rings is 3. The third kappa shape index (κ3) is 5.42. The first-order valence-electron chi connectivity index (χ1n) is 11.6. The molecule has 3 aromatic rings. The number of piperazine rings is 1. The molecule has 0 saturated carbocycles. The van der Waals surface area contributed by atoms with E-state index in [1.807, 2.05) is 41.3 Å². The summed E-state index contributed by atoms with van der Waals surface area (Å²) < 4.78 is 5.91. The Morgan fingerprint density at radius 3 is 2.24 bits per heavy atom. The number of fused-ring (bicyclic) bond motifs is 1. The lowest BCUT2D eigenvalue weighted by Gasteiger charge is -2.34. The van der Waals surface area contributed by atoms with E-state index < -0.39 is 0 Å². The molecule has 1 fully saturated rings. The molecular formula is C28H33N3O2. The average Bonchev–Trinajstić information content (AvgIpc) is 2.82. The summed E-state index contributed by atoms with van der Waals surface area (Å²) >= 11 is 0. The fraction of sp³-hybridized carbons (Fsp3) is 0.357. The van der Waals surface area contributed by atoms with Crippen LogP contribution in [0.3, 0.4) is 0 Å². The Bertz CT molecular complexity index is 1120. The lowest BCUT2D eigenvalue weighted by atomic mass is 9.87. The fourth-order valence-corrected chi connectivity index (χ4v) is 4.30. The van der Waals surface area contributed by atoms with E-state index in [0.717, 1.165) is 49.1 Å². The van der Waals surface area contributed by atoms with Crippen molar-refractivity contribution in [3.63, 3.8) is 0 Å². The van der Waals surface area contributed by atoms with Gasteiger partial charge in [-0.25, -0.2) is 0 Å². The third-order valence-electron chi connectivity index (χ3n) is 6.38. The number of hydrogen-bond donors (Lipinski definition) is 1. The average molecular weight is 444 g/mol. The van der Waals surface area contributed by atoms with Gasteiger partial charge < -0.3 is 15.0 Å². The van der Waals surface area contributed by atoms with Crippen molar-refractivity contribution >= 4 is 22.9 Å². The Hall–Kier alpha value is -3.18. The molecule has 1 amide bonds. The van der Waals surface area contributed by atoms with Crippen LogP contribution in [0.25, 0.3) is 10.8 Å². The maximum atomic E-state index is 12.8. The van der Waals surface area contributed by atoms with Gasteiger partial charge in [0.05, 0.1) is 0 Å². The summed E-state index contributed by atoms with van der Waals surface area (Å²) in [5.74, 6) is 0.700. The van der Waals surface area contributed by atoms with E-state index >= 15 is 0 Å². The summed E-state index contributed by atoms with van der Waals surface area (Å²) in [6.45, 7) is 10.8. The van der Waals surface area contributed by atoms with Gasteiger partial charge in [0.2, 0.25) is 0 Å². The number of carbonyl (C=O) groups excluding carboxylic acids is 1. The minimum atomic E-state index is 0.0180. The zero-order valence-corrected chi connectivity index (χ0v) is 19.8. The molecule has 3 aromatic carbocycles. The third-order valence-corrected chi connectivity index (χ3v) is 6.38. The monoisotopic (exact) mass is 443 g/mol. The van der Waals surface area contributed by atoms with Gasteiger partial charge in [0, 0.05) is 49.9 Å². The molecule has 0 spiro atoms. The number of hydrogen-bond acceptors (Lipinski definition) is 4. The van der Waals surface area contributed by atoms with Crippen LogP contribution in [0.15, 0.2) is 60.7 Å². The predicted molar refractivity (Wildman–Crippen MR) is 134 cm³/mol. The molecule has 1 aliphatic heterocycles. The van der Waals surface area contributed by atoms with Gasteiger partial charge in [-0.15, -0.1) is 0 Å². The predicted octanol–water partition coefficient (Wildman–Crippen LogP) is 4.86. The Balaban J connectivity index is 1.29. The molecule has 33 heavy (non-hydrogen) atoms. The van der Waals surface area contributed by atoms with Crippen LogP contribution in [-0.4, -0.2) is 54.7 Å². The molecule has 0 unspecified atom stereocenters. The van der Waals surface area contributed by atoms with Gasteiger partial charge in [-0.2, -0.15) is 0 Å². The van der Waals surface area contributed by atoms with Crippen LogP contribution in [0.4, 0.5) is 0 Å². The zero-order valence-electron chi connectivity index (χ0n) is 19.8. The van der Waals surface area contributed by atoms with Gasteiger partial charge in [-0.1, -0.05) is 69.3 Å². The summed E-state index contributed by atoms with van der Waals surface area (Å²) in [6.07, 6.45) is 1.34. The number of nitrogens with one attached hydrogen (secondary N) is 1. The molecule has 0 aliphatic carbocycles. The summed E-state index contributed by atoms with van der Waals surface area (Å²) in [5, 5.41) is 9.48. The molecule has 1 heterocycles. The van der Waals surface area contributed by atoms with E-state index in [2.05, 4.69) is 49.9 Å². The molecule has 0 atom stereocenters. The van der Waals surface area contributed by atoms with Crippen LogP contribution in [0, 0.1) is 5.41 Å². The van der Waals surface area contributed by atoms with E-state index in [9.17, 15) is 4.79 Å². The topological polar surface area (TPSA) is 56.6 Å². The number of ether oxygens (including phenoxy) is 1. The van der Waals surface area contributed by atoms with Crippen LogP contribution in [0.5, 0.6) is 5.75 Å². The fourth-order valence-electron chi connectivity index (χ4n) is 4.30. The second-order valence-electron chi connectivity index (χ2n) is 9.74. The molecule has 0 aromatic heterocycles. The van der Waals surface area contributed by atoms with Gasteiger partial charge in [-0.05, 0) is 34.1 Å². The number of nitrogens with zero attached hydrogens (tertiary/aromatic N) is 2. The SMILES string of the molecule is CC(C)(C)c1ccc(CN2CCN(C(=O)COc3ccc(C=N)c4ccccc34)CC2)cc1. The Morgan fingerprint density at radius 2 is 1.61 bits per heavy atom. The molecule has 0 radical (unpaired) electrons. The minimum absolute atomic E-state index is 0.0180. The van der Waals surface area contributed by atoms with Crippen molar-refractivity contribution in [3.05, 3.63) is 77.4 Å². The van der Waals surface area contributed by atoms with Crippen LogP contribution in [0.2, 0.25) is 0 Å². The molecule has 172 valence electrons. The minimum Gasteiger partial charge on any atom is -0.483 e. The van der Waals surface area contributed by atoms with Crippen molar-refractivity contribution in [1.29, 1.82) is 5.41 Å². The number of carbonyl (C=O) groups is 1. The lowest BCUT2D eigenvalue weighted by molar-refractivity contribution is -0.135. The van der Waals surface area contributed by atoms with Crippen LogP contribution in [0.1, 0.15) is 37.5 Å². The maximum absolute atomic E-state index is 12.8. The summed E-state index contributed by atoms with van der Waals surface area (Å²) in [6, 6.07) is 20.4. The molecule has 4 rings (SSSR count). The Kier molecular flexibility index (Phi) is 6.80. The van der Waals surface area contributed by atoms with Gasteiger partial charge in [0.1, 0.15) is 5.75 Å². The van der Waals surface area contributed by atoms with E-state index in [0.29, 0.717) is 5.75 Å². The molecule has 1 N–H and O–H groups in total. The summed E-state index contributed by atoms with van der Waals surface area (Å²) in [5.41, 5.74) is 3.67. The van der Waals surface area contributed by atoms with E-state index in [1.54, 1.807) is 0 Å². The van der Waals surface area contributed by atoms with Crippen molar-refractivity contribution in [2.45, 2.75) is 32.7 Å². The highest BCUT2D eigenvalue weighted by atomic mass is 16.5. The van der Waals surface area contributed by atoms with Gasteiger partial charge in [0.15, 0.2) is 6.61 Å². The highest BCUT2D eigenvalue weighted by Crippen LogP contribution is 2.28. The zero-order chi connectivity index (χ0) is 23.4. The summed E-state index contributed by atoms with van der Waals surface area (Å²) in [4.78, 5) is 17.1. The Morgan fingerprint density at radius 1 is 0.939 bits per heavy atom. The van der Waals surface area contributed by atoms with Crippen LogP contribution in [-0.2, 0) is 16.8 Å². The normalized spacial score (nSPS) is 14.9. The number of rotatable bonds is 6. The smallest absolute Gasteiger partial charge is 0.260 e. The van der Waals surface area contributed by atoms with E-state index in [1.165, 1.54) is 17.3 Å². The highest BCUT2D eigenvalue weighted by molar-refractivity contribution is 6.01. The van der Waals surface area contributed by atoms with Gasteiger partial charge in [0.25, 0.3) is 5.91 Å². The lowest BCUT2D eigenvalue weighted by Crippen LogP contribution is -2.49. The number of amides is 1. The first-order chi connectivity index (χ1) is 15.8. The van der Waals surface area contributed by atoms with Crippen molar-refractivity contribution in [2.75, 3.05) is 32.8 Å². The van der Waals surface area contributed by atoms with Crippen molar-refractivity contribution in [3.8, 4) is 5.75 Å². The van der Waals surface area contributed by atoms with Crippen molar-refractivity contribution in [2.24, 2.45) is 0 Å². The second kappa shape index (κ2) is 9.75. The first-order valence-corrected chi connectivity index (χ1v) is 11.6. The summed E-state index contributed by atoms with van der Waals surface area (Å²) in [7, 11) is 0. The molecule has 5 nitrogen and oxygen atoms in total. The Labute approximate surface area is 196 Å². The van der Waals surface area contributed by atoms with Crippen molar-refractivity contribution in [1.82, 2.24) is 9.80 Å². The van der Waals surface area contributed by atoms with E-state index in [4.69, 9.17) is 10.1 Å². The van der Waals surface area contributed by atoms with Crippen LogP contribution >= 0.6 is 0 Å². The largest absolute Gasteiger partial charge is 0.483 e. The highest BCUT2D eigenvalue weighted by Gasteiger charge is 2.22. The van der Waals surface area contributed by atoms with Crippen LogP contribution < -0.4 is 4.74 Å². The molecule has 0 bridgehead atoms. The maximum Gasteiger partial charge on any atom is 0.260 e. The van der Waals surface area contributed by atoms with Gasteiger partial charge in [-0.3, -0.25) is 9.69 Å². The van der Waals surface area contributed by atoms with E-state index in [-0.39, 0.29) is 17.9 Å². The molecule has 1 saturated heterocycles. The molecular weight excluding hydrogens is 410 g/mol. The molecule has 1 aliphatic rings. The van der Waals surface area contributed by atoms with Crippen molar-refractivity contribution < 1.29 is 9.53 Å². The molecule has 5 heteroatoms.